The van der Waals surface area contributed by atoms with Crippen molar-refractivity contribution in [3.05, 3.63) is 47.7 Å². The minimum absolute atomic E-state index is 0.101. The number of aryl methyl sites for hydroxylation is 2. The van der Waals surface area contributed by atoms with Gasteiger partial charge in [0.2, 0.25) is 0 Å². The van der Waals surface area contributed by atoms with E-state index >= 15 is 0 Å². The molecule has 0 radical (unpaired) electrons. The average molecular weight is 338 g/mol. The van der Waals surface area contributed by atoms with Crippen molar-refractivity contribution in [1.82, 2.24) is 15.1 Å². The van der Waals surface area contributed by atoms with Crippen molar-refractivity contribution in [1.29, 1.82) is 0 Å². The van der Waals surface area contributed by atoms with Crippen LogP contribution in [0.2, 0.25) is 0 Å². The zero-order chi connectivity index (χ0) is 17.2. The van der Waals surface area contributed by atoms with Crippen molar-refractivity contribution in [3.63, 3.8) is 0 Å². The Morgan fingerprint density at radius 1 is 1.08 bits per heavy atom. The van der Waals surface area contributed by atoms with Gasteiger partial charge in [-0.1, -0.05) is 18.2 Å². The lowest BCUT2D eigenvalue weighted by Gasteiger charge is -2.37. The largest absolute Gasteiger partial charge is 0.480 e. The number of aromatic nitrogens is 2. The molecule has 1 fully saturated rings. The number of hydrogen-bond donors (Lipinski definition) is 0. The number of ether oxygens (including phenoxy) is 1. The number of hydrogen-bond acceptors (Lipinski definition) is 5. The predicted octanol–water partition coefficient (Wildman–Crippen LogP) is 1.83. The van der Waals surface area contributed by atoms with Crippen molar-refractivity contribution in [2.24, 2.45) is 0 Å². The van der Waals surface area contributed by atoms with Gasteiger partial charge in [-0.05, 0) is 43.5 Å². The van der Waals surface area contributed by atoms with Crippen LogP contribution >= 0.6 is 0 Å². The number of piperazine rings is 1. The van der Waals surface area contributed by atoms with Gasteiger partial charge in [-0.25, -0.2) is 0 Å². The van der Waals surface area contributed by atoms with Gasteiger partial charge >= 0.3 is 0 Å². The third-order valence-electron chi connectivity index (χ3n) is 4.89. The molecule has 1 atom stereocenters. The average Bonchev–Trinajstić information content (AvgIpc) is 2.68. The van der Waals surface area contributed by atoms with E-state index in [-0.39, 0.29) is 12.0 Å². The molecule has 2 aromatic rings. The fraction of sp³-hybridized carbons (Fsp3) is 0.421. The van der Waals surface area contributed by atoms with Crippen LogP contribution in [0.3, 0.4) is 0 Å². The van der Waals surface area contributed by atoms with E-state index in [9.17, 15) is 4.79 Å². The highest BCUT2D eigenvalue weighted by Gasteiger charge is 2.31. The van der Waals surface area contributed by atoms with Crippen molar-refractivity contribution < 1.29 is 9.53 Å². The molecular weight excluding hydrogens is 316 g/mol. The van der Waals surface area contributed by atoms with Crippen LogP contribution in [0.5, 0.6) is 5.75 Å². The molecule has 4 rings (SSSR count). The lowest BCUT2D eigenvalue weighted by molar-refractivity contribution is -0.139. The second-order valence-electron chi connectivity index (χ2n) is 6.60. The summed E-state index contributed by atoms with van der Waals surface area (Å²) >= 11 is 0. The first-order valence-corrected chi connectivity index (χ1v) is 8.79. The highest BCUT2D eigenvalue weighted by molar-refractivity contribution is 5.82. The maximum absolute atomic E-state index is 12.8. The number of carbonyl (C=O) groups excluding carboxylic acids is 1. The molecule has 130 valence electrons. The van der Waals surface area contributed by atoms with E-state index in [4.69, 9.17) is 4.74 Å². The monoisotopic (exact) mass is 338 g/mol. The van der Waals surface area contributed by atoms with Gasteiger partial charge in [-0.2, -0.15) is 5.10 Å². The summed E-state index contributed by atoms with van der Waals surface area (Å²) in [6.45, 7) is 4.85. The third kappa shape index (κ3) is 3.29. The number of carbonyl (C=O) groups is 1. The number of nitrogens with zero attached hydrogens (tertiary/aromatic N) is 4. The molecule has 3 heterocycles. The molecule has 1 aromatic carbocycles. The maximum Gasteiger partial charge on any atom is 0.263 e. The summed E-state index contributed by atoms with van der Waals surface area (Å²) in [6, 6.07) is 11.9. The summed E-state index contributed by atoms with van der Waals surface area (Å²) in [5.41, 5.74) is 2.10. The Morgan fingerprint density at radius 3 is 2.64 bits per heavy atom. The summed E-state index contributed by atoms with van der Waals surface area (Å²) in [7, 11) is 0. The predicted molar refractivity (Wildman–Crippen MR) is 94.7 cm³/mol. The molecule has 0 N–H and O–H groups in total. The van der Waals surface area contributed by atoms with E-state index in [1.54, 1.807) is 0 Å². The van der Waals surface area contributed by atoms with Crippen LogP contribution in [0.25, 0.3) is 0 Å². The Balaban J connectivity index is 1.36. The van der Waals surface area contributed by atoms with Gasteiger partial charge in [0.1, 0.15) is 5.75 Å². The standard InChI is InChI=1S/C19H22N4O2/c1-14-6-9-18(21-20-14)22-10-12-23(13-11-22)19(24)17-8-7-15-4-2-3-5-16(15)25-17/h2-6,9,17H,7-8,10-13H2,1H3. The summed E-state index contributed by atoms with van der Waals surface area (Å²) in [5.74, 6) is 1.82. The molecule has 1 amide bonds. The van der Waals surface area contributed by atoms with Crippen LogP contribution < -0.4 is 9.64 Å². The molecule has 0 aliphatic carbocycles. The topological polar surface area (TPSA) is 58.6 Å². The number of benzene rings is 1. The first-order chi connectivity index (χ1) is 12.2. The molecule has 6 nitrogen and oxygen atoms in total. The maximum atomic E-state index is 12.8. The number of fused-ring (bicyclic) bond motifs is 1. The Morgan fingerprint density at radius 2 is 1.88 bits per heavy atom. The molecule has 0 bridgehead atoms. The summed E-state index contributed by atoms with van der Waals surface area (Å²) in [6.07, 6.45) is 1.28. The Hall–Kier alpha value is -2.63. The van der Waals surface area contributed by atoms with Crippen LogP contribution in [-0.4, -0.2) is 53.3 Å². The lowest BCUT2D eigenvalue weighted by atomic mass is 10.0. The zero-order valence-corrected chi connectivity index (χ0v) is 14.4. The van der Waals surface area contributed by atoms with Crippen LogP contribution in [-0.2, 0) is 11.2 Å². The smallest absolute Gasteiger partial charge is 0.263 e. The SMILES string of the molecule is Cc1ccc(N2CCN(C(=O)C3CCc4ccccc4O3)CC2)nn1. The minimum atomic E-state index is -0.361. The van der Waals surface area contributed by atoms with E-state index in [1.165, 1.54) is 5.56 Å². The molecule has 0 spiro atoms. The van der Waals surface area contributed by atoms with E-state index in [1.807, 2.05) is 42.2 Å². The van der Waals surface area contributed by atoms with E-state index in [0.29, 0.717) is 13.1 Å². The first kappa shape index (κ1) is 15.9. The Kier molecular flexibility index (Phi) is 4.26. The first-order valence-electron chi connectivity index (χ1n) is 8.79. The molecule has 25 heavy (non-hydrogen) atoms. The number of amides is 1. The Bertz CT molecular complexity index is 754. The molecule has 6 heteroatoms. The summed E-state index contributed by atoms with van der Waals surface area (Å²) < 4.78 is 5.94. The van der Waals surface area contributed by atoms with Crippen molar-refractivity contribution >= 4 is 11.7 Å². The normalized spacial score (nSPS) is 20.0. The zero-order valence-electron chi connectivity index (χ0n) is 14.4. The van der Waals surface area contributed by atoms with Gasteiger partial charge in [-0.15, -0.1) is 5.10 Å². The lowest BCUT2D eigenvalue weighted by Crippen LogP contribution is -2.53. The van der Waals surface area contributed by atoms with Gasteiger partial charge in [0.15, 0.2) is 11.9 Å². The molecule has 1 aromatic heterocycles. The molecule has 1 unspecified atom stereocenters. The van der Waals surface area contributed by atoms with E-state index < -0.39 is 0 Å². The van der Waals surface area contributed by atoms with Crippen molar-refractivity contribution in [2.75, 3.05) is 31.1 Å². The van der Waals surface area contributed by atoms with E-state index in [0.717, 1.165) is 43.2 Å². The van der Waals surface area contributed by atoms with Gasteiger partial charge in [0.25, 0.3) is 5.91 Å². The van der Waals surface area contributed by atoms with Crippen LogP contribution in [0.15, 0.2) is 36.4 Å². The number of para-hydroxylation sites is 1. The van der Waals surface area contributed by atoms with Gasteiger partial charge in [0.05, 0.1) is 5.69 Å². The second kappa shape index (κ2) is 6.70. The van der Waals surface area contributed by atoms with Crippen LogP contribution in [0, 0.1) is 6.92 Å². The quantitative estimate of drug-likeness (QED) is 0.836. The number of rotatable bonds is 2. The van der Waals surface area contributed by atoms with Gasteiger partial charge in [-0.3, -0.25) is 4.79 Å². The highest BCUT2D eigenvalue weighted by atomic mass is 16.5. The Labute approximate surface area is 147 Å². The van der Waals surface area contributed by atoms with Gasteiger partial charge in [0, 0.05) is 26.2 Å². The van der Waals surface area contributed by atoms with Crippen LogP contribution in [0.4, 0.5) is 5.82 Å². The van der Waals surface area contributed by atoms with Gasteiger partial charge < -0.3 is 14.5 Å². The summed E-state index contributed by atoms with van der Waals surface area (Å²) in [5, 5.41) is 8.35. The molecular formula is C19H22N4O2. The molecule has 1 saturated heterocycles. The van der Waals surface area contributed by atoms with E-state index in [2.05, 4.69) is 21.2 Å². The second-order valence-corrected chi connectivity index (χ2v) is 6.60. The molecule has 0 saturated carbocycles. The van der Waals surface area contributed by atoms with Crippen LogP contribution in [0.1, 0.15) is 17.7 Å². The third-order valence-corrected chi connectivity index (χ3v) is 4.89. The van der Waals surface area contributed by atoms with Crippen molar-refractivity contribution in [2.45, 2.75) is 25.9 Å². The minimum Gasteiger partial charge on any atom is -0.480 e. The molecule has 2 aliphatic heterocycles. The fourth-order valence-corrected chi connectivity index (χ4v) is 3.42. The fourth-order valence-electron chi connectivity index (χ4n) is 3.42. The van der Waals surface area contributed by atoms with Crippen molar-refractivity contribution in [3.8, 4) is 5.75 Å². The molecule has 2 aliphatic rings. The highest BCUT2D eigenvalue weighted by Crippen LogP contribution is 2.28. The summed E-state index contributed by atoms with van der Waals surface area (Å²) in [4.78, 5) is 16.9. The number of anilines is 1.